The summed E-state index contributed by atoms with van der Waals surface area (Å²) in [4.78, 5) is 21.1. The van der Waals surface area contributed by atoms with Crippen LogP contribution in [0, 0.1) is 3.57 Å². The molecule has 0 atom stereocenters. The number of hydrazone groups is 1. The van der Waals surface area contributed by atoms with E-state index >= 15 is 0 Å². The zero-order valence-electron chi connectivity index (χ0n) is 7.61. The minimum Gasteiger partial charge on any atom is -0.361 e. The average molecular weight is 317 g/mol. The number of benzene rings is 1. The molecule has 0 aliphatic carbocycles. The summed E-state index contributed by atoms with van der Waals surface area (Å²) in [6, 6.07) is 7.47. The third-order valence-corrected chi connectivity index (χ3v) is 2.48. The van der Waals surface area contributed by atoms with Gasteiger partial charge in [0, 0.05) is 9.13 Å². The number of primary amides is 1. The zero-order valence-corrected chi connectivity index (χ0v) is 9.76. The lowest BCUT2D eigenvalue weighted by Gasteiger charge is -1.96. The van der Waals surface area contributed by atoms with E-state index in [0.717, 1.165) is 9.13 Å². The maximum Gasteiger partial charge on any atom is 0.329 e. The van der Waals surface area contributed by atoms with E-state index in [9.17, 15) is 9.59 Å². The first-order valence-corrected chi connectivity index (χ1v) is 5.06. The van der Waals surface area contributed by atoms with E-state index in [0.29, 0.717) is 0 Å². The number of rotatable bonds is 2. The highest BCUT2D eigenvalue weighted by Crippen LogP contribution is 2.08. The molecule has 0 saturated carbocycles. The summed E-state index contributed by atoms with van der Waals surface area (Å²) in [6.45, 7) is 0. The fourth-order valence-electron chi connectivity index (χ4n) is 0.795. The Bertz CT molecular complexity index is 418. The average Bonchev–Trinajstić information content (AvgIpc) is 2.20. The molecule has 6 heteroatoms. The molecule has 0 spiro atoms. The molecule has 0 fully saturated rings. The lowest BCUT2D eigenvalue weighted by molar-refractivity contribution is -0.137. The van der Waals surface area contributed by atoms with Gasteiger partial charge in [-0.1, -0.05) is 18.2 Å². The van der Waals surface area contributed by atoms with Gasteiger partial charge in [0.2, 0.25) is 0 Å². The topological polar surface area (TPSA) is 84.5 Å². The molecule has 1 rings (SSSR count). The van der Waals surface area contributed by atoms with Gasteiger partial charge in [-0.2, -0.15) is 5.10 Å². The van der Waals surface area contributed by atoms with Crippen molar-refractivity contribution in [3.63, 3.8) is 0 Å². The number of carbonyl (C=O) groups excluding carboxylic acids is 2. The molecule has 78 valence electrons. The summed E-state index contributed by atoms with van der Waals surface area (Å²) in [7, 11) is 0. The number of nitrogens with one attached hydrogen (secondary N) is 1. The minimum atomic E-state index is -1.06. The van der Waals surface area contributed by atoms with Crippen LogP contribution in [0.4, 0.5) is 0 Å². The molecule has 0 heterocycles. The molecule has 0 aliphatic heterocycles. The Hall–Kier alpha value is -1.44. The number of nitrogens with zero attached hydrogens (tertiary/aromatic N) is 1. The number of halogens is 1. The molecule has 0 radical (unpaired) electrons. The summed E-state index contributed by atoms with van der Waals surface area (Å²) in [6.07, 6.45) is 1.45. The van der Waals surface area contributed by atoms with E-state index in [1.807, 2.05) is 29.7 Å². The first-order valence-electron chi connectivity index (χ1n) is 3.98. The molecule has 0 bridgehead atoms. The Morgan fingerprint density at radius 2 is 2.07 bits per heavy atom. The number of hydrogen-bond donors (Lipinski definition) is 2. The van der Waals surface area contributed by atoms with E-state index < -0.39 is 11.8 Å². The monoisotopic (exact) mass is 317 g/mol. The van der Waals surface area contributed by atoms with Crippen molar-refractivity contribution in [1.29, 1.82) is 0 Å². The number of hydrogen-bond acceptors (Lipinski definition) is 3. The maximum absolute atomic E-state index is 10.7. The molecule has 15 heavy (non-hydrogen) atoms. The van der Waals surface area contributed by atoms with Gasteiger partial charge in [-0.05, 0) is 28.7 Å². The number of carbonyl (C=O) groups is 2. The molecule has 0 aromatic heterocycles. The molecular formula is C9H8IN3O2. The van der Waals surface area contributed by atoms with Crippen molar-refractivity contribution in [1.82, 2.24) is 5.43 Å². The summed E-state index contributed by atoms with van der Waals surface area (Å²) in [5, 5.41) is 3.59. The molecular weight excluding hydrogens is 309 g/mol. The Kier molecular flexibility index (Phi) is 4.22. The fraction of sp³-hybridized carbons (Fsp3) is 0. The highest BCUT2D eigenvalue weighted by atomic mass is 127. The second-order valence-corrected chi connectivity index (χ2v) is 3.75. The first-order chi connectivity index (χ1) is 7.11. The lowest BCUT2D eigenvalue weighted by Crippen LogP contribution is -2.32. The highest BCUT2D eigenvalue weighted by Gasteiger charge is 2.05. The van der Waals surface area contributed by atoms with Gasteiger partial charge in [0.1, 0.15) is 0 Å². The number of nitrogens with two attached hydrogens (primary N) is 1. The first kappa shape index (κ1) is 11.6. The molecule has 2 amide bonds. The van der Waals surface area contributed by atoms with Crippen molar-refractivity contribution in [2.75, 3.05) is 0 Å². The van der Waals surface area contributed by atoms with E-state index in [1.54, 1.807) is 0 Å². The predicted molar refractivity (Wildman–Crippen MR) is 64.1 cm³/mol. The number of amides is 2. The Morgan fingerprint density at radius 3 is 2.67 bits per heavy atom. The van der Waals surface area contributed by atoms with Crippen LogP contribution in [-0.4, -0.2) is 18.0 Å². The van der Waals surface area contributed by atoms with E-state index in [1.165, 1.54) is 6.21 Å². The van der Waals surface area contributed by atoms with Crippen LogP contribution in [0.15, 0.2) is 29.4 Å². The van der Waals surface area contributed by atoms with Crippen molar-refractivity contribution in [3.8, 4) is 0 Å². The van der Waals surface area contributed by atoms with Crippen LogP contribution in [0.1, 0.15) is 5.56 Å². The van der Waals surface area contributed by atoms with E-state index in [2.05, 4.69) is 27.7 Å². The lowest BCUT2D eigenvalue weighted by atomic mass is 10.2. The molecule has 1 aromatic carbocycles. The zero-order chi connectivity index (χ0) is 11.3. The molecule has 0 aliphatic rings. The standard InChI is InChI=1S/C9H8IN3O2/c10-7-4-2-1-3-6(7)5-12-13-9(15)8(11)14/h1-5H,(H2,11,14)(H,13,15)/b12-5+. The largest absolute Gasteiger partial charge is 0.361 e. The normalized spacial score (nSPS) is 10.2. The molecule has 0 unspecified atom stereocenters. The molecule has 1 aromatic rings. The van der Waals surface area contributed by atoms with Crippen LogP contribution < -0.4 is 11.2 Å². The van der Waals surface area contributed by atoms with Crippen molar-refractivity contribution in [2.45, 2.75) is 0 Å². The SMILES string of the molecule is NC(=O)C(=O)N/N=C/c1ccccc1I. The minimum absolute atomic E-state index is 0.850. The molecule has 3 N–H and O–H groups in total. The van der Waals surface area contributed by atoms with Crippen LogP contribution in [0.2, 0.25) is 0 Å². The van der Waals surface area contributed by atoms with Crippen molar-refractivity contribution in [2.24, 2.45) is 10.8 Å². The highest BCUT2D eigenvalue weighted by molar-refractivity contribution is 14.1. The van der Waals surface area contributed by atoms with Crippen LogP contribution in [0.5, 0.6) is 0 Å². The van der Waals surface area contributed by atoms with Gasteiger partial charge in [0.25, 0.3) is 0 Å². The van der Waals surface area contributed by atoms with Crippen LogP contribution in [0.25, 0.3) is 0 Å². The van der Waals surface area contributed by atoms with E-state index in [-0.39, 0.29) is 0 Å². The second-order valence-electron chi connectivity index (χ2n) is 2.58. The van der Waals surface area contributed by atoms with Crippen LogP contribution >= 0.6 is 22.6 Å². The predicted octanol–water partition coefficient (Wildman–Crippen LogP) is 0.227. The summed E-state index contributed by atoms with van der Waals surface area (Å²) in [5.74, 6) is -1.99. The van der Waals surface area contributed by atoms with E-state index in [4.69, 9.17) is 5.73 Å². The van der Waals surface area contributed by atoms with Gasteiger partial charge < -0.3 is 5.73 Å². The molecule has 5 nitrogen and oxygen atoms in total. The summed E-state index contributed by atoms with van der Waals surface area (Å²) in [5.41, 5.74) is 7.58. The smallest absolute Gasteiger partial charge is 0.329 e. The van der Waals surface area contributed by atoms with Crippen LogP contribution in [-0.2, 0) is 9.59 Å². The maximum atomic E-state index is 10.7. The summed E-state index contributed by atoms with van der Waals surface area (Å²) >= 11 is 2.14. The third kappa shape index (κ3) is 3.66. The van der Waals surface area contributed by atoms with Gasteiger partial charge in [0.15, 0.2) is 0 Å². The van der Waals surface area contributed by atoms with Gasteiger partial charge in [-0.25, -0.2) is 5.43 Å². The second kappa shape index (κ2) is 5.44. The van der Waals surface area contributed by atoms with Crippen LogP contribution in [0.3, 0.4) is 0 Å². The van der Waals surface area contributed by atoms with Crippen molar-refractivity contribution >= 4 is 40.6 Å². The third-order valence-electron chi connectivity index (χ3n) is 1.50. The Morgan fingerprint density at radius 1 is 1.40 bits per heavy atom. The van der Waals surface area contributed by atoms with Gasteiger partial charge >= 0.3 is 11.8 Å². The van der Waals surface area contributed by atoms with Gasteiger partial charge in [-0.15, -0.1) is 0 Å². The Labute approximate surface area is 99.9 Å². The fourth-order valence-corrected chi connectivity index (χ4v) is 1.32. The van der Waals surface area contributed by atoms with Crippen molar-refractivity contribution in [3.05, 3.63) is 33.4 Å². The van der Waals surface area contributed by atoms with Gasteiger partial charge in [0.05, 0.1) is 6.21 Å². The van der Waals surface area contributed by atoms with Crippen molar-refractivity contribution < 1.29 is 9.59 Å². The Balaban J connectivity index is 2.63. The molecule has 0 saturated heterocycles. The summed E-state index contributed by atoms with van der Waals surface area (Å²) < 4.78 is 0.993. The quantitative estimate of drug-likeness (QED) is 0.354. The van der Waals surface area contributed by atoms with Gasteiger partial charge in [-0.3, -0.25) is 9.59 Å².